The van der Waals surface area contributed by atoms with E-state index in [4.69, 9.17) is 11.5 Å². The lowest BCUT2D eigenvalue weighted by Gasteiger charge is -1.95. The lowest BCUT2D eigenvalue weighted by atomic mass is 10.1. The maximum absolute atomic E-state index is 8.49. The first-order valence-electron chi connectivity index (χ1n) is 4.46. The van der Waals surface area contributed by atoms with Crippen LogP contribution >= 0.6 is 0 Å². The van der Waals surface area contributed by atoms with Crippen LogP contribution in [-0.2, 0) is 0 Å². The van der Waals surface area contributed by atoms with Gasteiger partial charge in [-0.3, -0.25) is 0 Å². The summed E-state index contributed by atoms with van der Waals surface area (Å²) in [4.78, 5) is 0. The summed E-state index contributed by atoms with van der Waals surface area (Å²) in [5.41, 5.74) is 0. The standard InChI is InChI=1S/C11H16O/c1-2-3-4-5-6-7-8-9-10-11-12/h1,12H,5-11H2. The van der Waals surface area contributed by atoms with E-state index in [2.05, 4.69) is 17.8 Å². The summed E-state index contributed by atoms with van der Waals surface area (Å²) >= 11 is 0. The van der Waals surface area contributed by atoms with Crippen LogP contribution in [0.4, 0.5) is 0 Å². The van der Waals surface area contributed by atoms with E-state index in [0.717, 1.165) is 25.7 Å². The SMILES string of the molecule is C#CC#CCCCCCCCO. The van der Waals surface area contributed by atoms with Crippen molar-refractivity contribution < 1.29 is 5.11 Å². The van der Waals surface area contributed by atoms with Crippen LogP contribution in [0.1, 0.15) is 38.5 Å². The van der Waals surface area contributed by atoms with Crippen molar-refractivity contribution >= 4 is 0 Å². The van der Waals surface area contributed by atoms with Crippen LogP contribution < -0.4 is 0 Å². The Kier molecular flexibility index (Phi) is 9.31. The molecule has 0 fully saturated rings. The van der Waals surface area contributed by atoms with Gasteiger partial charge in [0.15, 0.2) is 0 Å². The predicted octanol–water partition coefficient (Wildman–Crippen LogP) is 1.96. The van der Waals surface area contributed by atoms with Crippen molar-refractivity contribution in [3.05, 3.63) is 0 Å². The highest BCUT2D eigenvalue weighted by atomic mass is 16.2. The van der Waals surface area contributed by atoms with Crippen molar-refractivity contribution in [2.24, 2.45) is 0 Å². The number of aliphatic hydroxyl groups excluding tert-OH is 1. The molecule has 0 aliphatic rings. The number of rotatable bonds is 6. The second kappa shape index (κ2) is 10.1. The molecule has 0 aromatic carbocycles. The Morgan fingerprint density at radius 2 is 1.67 bits per heavy atom. The van der Waals surface area contributed by atoms with Crippen LogP contribution in [-0.4, -0.2) is 11.7 Å². The molecular formula is C11H16O. The molecule has 1 N–H and O–H groups in total. The normalized spacial score (nSPS) is 8.33. The van der Waals surface area contributed by atoms with Gasteiger partial charge in [0.05, 0.1) is 0 Å². The minimum atomic E-state index is 0.316. The van der Waals surface area contributed by atoms with Crippen molar-refractivity contribution in [1.29, 1.82) is 0 Å². The second-order valence-electron chi connectivity index (χ2n) is 2.69. The van der Waals surface area contributed by atoms with Gasteiger partial charge in [0.1, 0.15) is 0 Å². The fraction of sp³-hybridized carbons (Fsp3) is 0.636. The molecule has 0 amide bonds. The molecule has 0 radical (unpaired) electrons. The molecule has 0 atom stereocenters. The number of unbranched alkanes of at least 4 members (excludes halogenated alkanes) is 5. The van der Waals surface area contributed by atoms with Crippen LogP contribution in [0.3, 0.4) is 0 Å². The molecule has 1 nitrogen and oxygen atoms in total. The number of hydrogen-bond acceptors (Lipinski definition) is 1. The first kappa shape index (κ1) is 11.1. The maximum atomic E-state index is 8.49. The smallest absolute Gasteiger partial charge is 0.0431 e. The van der Waals surface area contributed by atoms with E-state index in [-0.39, 0.29) is 0 Å². The Labute approximate surface area is 75.2 Å². The average Bonchev–Trinajstić information content (AvgIpc) is 2.10. The molecule has 0 rings (SSSR count). The van der Waals surface area contributed by atoms with Crippen LogP contribution in [0, 0.1) is 24.2 Å². The van der Waals surface area contributed by atoms with Gasteiger partial charge in [-0.2, -0.15) is 0 Å². The summed E-state index contributed by atoms with van der Waals surface area (Å²) in [5.74, 6) is 7.76. The summed E-state index contributed by atoms with van der Waals surface area (Å²) in [6, 6.07) is 0. The zero-order valence-electron chi connectivity index (χ0n) is 7.47. The first-order chi connectivity index (χ1) is 5.91. The molecule has 0 unspecified atom stereocenters. The second-order valence-corrected chi connectivity index (χ2v) is 2.69. The van der Waals surface area contributed by atoms with E-state index in [1.165, 1.54) is 12.8 Å². The Morgan fingerprint density at radius 1 is 1.00 bits per heavy atom. The van der Waals surface area contributed by atoms with Gasteiger partial charge >= 0.3 is 0 Å². The third-order valence-electron chi connectivity index (χ3n) is 1.62. The molecule has 12 heavy (non-hydrogen) atoms. The van der Waals surface area contributed by atoms with Crippen molar-refractivity contribution in [3.8, 4) is 24.2 Å². The van der Waals surface area contributed by atoms with Gasteiger partial charge in [-0.25, -0.2) is 0 Å². The molecule has 0 heterocycles. The summed E-state index contributed by atoms with van der Waals surface area (Å²) < 4.78 is 0. The molecule has 66 valence electrons. The largest absolute Gasteiger partial charge is 0.396 e. The van der Waals surface area contributed by atoms with Gasteiger partial charge in [0.25, 0.3) is 0 Å². The predicted molar refractivity (Wildman–Crippen MR) is 51.4 cm³/mol. The highest BCUT2D eigenvalue weighted by molar-refractivity contribution is 5.21. The summed E-state index contributed by atoms with van der Waals surface area (Å²) in [6.07, 6.45) is 11.4. The monoisotopic (exact) mass is 164 g/mol. The number of hydrogen-bond donors (Lipinski definition) is 1. The van der Waals surface area contributed by atoms with E-state index < -0.39 is 0 Å². The van der Waals surface area contributed by atoms with E-state index in [1.807, 2.05) is 0 Å². The van der Waals surface area contributed by atoms with Crippen molar-refractivity contribution in [2.45, 2.75) is 38.5 Å². The minimum absolute atomic E-state index is 0.316. The Bertz CT molecular complexity index is 177. The zero-order valence-corrected chi connectivity index (χ0v) is 7.47. The van der Waals surface area contributed by atoms with E-state index in [1.54, 1.807) is 0 Å². The summed E-state index contributed by atoms with van der Waals surface area (Å²) in [6.45, 7) is 0.316. The topological polar surface area (TPSA) is 20.2 Å². The molecule has 1 heteroatoms. The maximum Gasteiger partial charge on any atom is 0.0431 e. The van der Waals surface area contributed by atoms with E-state index in [9.17, 15) is 0 Å². The third-order valence-corrected chi connectivity index (χ3v) is 1.62. The molecule has 0 aromatic heterocycles. The highest BCUT2D eigenvalue weighted by Gasteiger charge is 1.87. The van der Waals surface area contributed by atoms with Crippen molar-refractivity contribution in [1.82, 2.24) is 0 Å². The van der Waals surface area contributed by atoms with Gasteiger partial charge in [-0.05, 0) is 24.7 Å². The van der Waals surface area contributed by atoms with E-state index in [0.29, 0.717) is 6.61 Å². The third kappa shape index (κ3) is 9.08. The minimum Gasteiger partial charge on any atom is -0.396 e. The number of aliphatic hydroxyl groups is 1. The Morgan fingerprint density at radius 3 is 2.33 bits per heavy atom. The molecule has 0 bridgehead atoms. The van der Waals surface area contributed by atoms with Crippen molar-refractivity contribution in [3.63, 3.8) is 0 Å². The van der Waals surface area contributed by atoms with Gasteiger partial charge in [-0.15, -0.1) is 6.42 Å². The van der Waals surface area contributed by atoms with Gasteiger partial charge in [0, 0.05) is 13.0 Å². The van der Waals surface area contributed by atoms with Crippen molar-refractivity contribution in [2.75, 3.05) is 6.61 Å². The Hall–Kier alpha value is -0.920. The molecule has 0 spiro atoms. The molecule has 0 aromatic rings. The lowest BCUT2D eigenvalue weighted by Crippen LogP contribution is -1.83. The molecule has 0 aliphatic carbocycles. The zero-order chi connectivity index (χ0) is 9.07. The molecule has 0 aliphatic heterocycles. The quantitative estimate of drug-likeness (QED) is 0.470. The average molecular weight is 164 g/mol. The highest BCUT2D eigenvalue weighted by Crippen LogP contribution is 2.03. The molecular weight excluding hydrogens is 148 g/mol. The molecule has 0 saturated heterocycles. The van der Waals surface area contributed by atoms with Crippen LogP contribution in [0.15, 0.2) is 0 Å². The lowest BCUT2D eigenvalue weighted by molar-refractivity contribution is 0.282. The first-order valence-corrected chi connectivity index (χ1v) is 4.46. The summed E-state index contributed by atoms with van der Waals surface area (Å²) in [5, 5.41) is 8.49. The van der Waals surface area contributed by atoms with Gasteiger partial charge in [-0.1, -0.05) is 25.2 Å². The summed E-state index contributed by atoms with van der Waals surface area (Å²) in [7, 11) is 0. The van der Waals surface area contributed by atoms with Crippen LogP contribution in [0.2, 0.25) is 0 Å². The molecule has 0 saturated carbocycles. The van der Waals surface area contributed by atoms with Crippen LogP contribution in [0.5, 0.6) is 0 Å². The van der Waals surface area contributed by atoms with Gasteiger partial charge in [0.2, 0.25) is 0 Å². The Balaban J connectivity index is 2.97. The van der Waals surface area contributed by atoms with E-state index >= 15 is 0 Å². The fourth-order valence-electron chi connectivity index (χ4n) is 0.969. The van der Waals surface area contributed by atoms with Crippen LogP contribution in [0.25, 0.3) is 0 Å². The number of terminal acetylenes is 1. The van der Waals surface area contributed by atoms with Gasteiger partial charge < -0.3 is 5.11 Å². The fourth-order valence-corrected chi connectivity index (χ4v) is 0.969.